The first-order chi connectivity index (χ1) is 16.4. The zero-order valence-electron chi connectivity index (χ0n) is 20.0. The van der Waals surface area contributed by atoms with Crippen LogP contribution in [-0.2, 0) is 6.54 Å². The Kier molecular flexibility index (Phi) is 6.70. The number of hydrogen-bond acceptors (Lipinski definition) is 8. The predicted molar refractivity (Wildman–Crippen MR) is 126 cm³/mol. The SMILES string of the molecule is CCN(CC)CCCn1c(C)cc2c(c1=O)C(c1cc(OC)c3c(c1)OCO3)C(C#N)=C(N)O2. The number of aromatic nitrogens is 1. The first-order valence-electron chi connectivity index (χ1n) is 11.4. The van der Waals surface area contributed by atoms with Crippen LogP contribution in [0.4, 0.5) is 0 Å². The van der Waals surface area contributed by atoms with Crippen LogP contribution in [0.25, 0.3) is 0 Å². The number of rotatable bonds is 8. The van der Waals surface area contributed by atoms with Crippen molar-refractivity contribution in [1.82, 2.24) is 9.47 Å². The molecule has 180 valence electrons. The van der Waals surface area contributed by atoms with Crippen LogP contribution in [0.5, 0.6) is 23.0 Å². The summed E-state index contributed by atoms with van der Waals surface area (Å²) in [6.07, 6.45) is 0.827. The molecule has 0 fully saturated rings. The lowest BCUT2D eigenvalue weighted by Gasteiger charge is -2.28. The molecule has 9 heteroatoms. The minimum atomic E-state index is -0.723. The number of nitrogens with zero attached hydrogens (tertiary/aromatic N) is 3. The molecule has 1 aromatic heterocycles. The van der Waals surface area contributed by atoms with Crippen molar-refractivity contribution in [2.24, 2.45) is 5.73 Å². The van der Waals surface area contributed by atoms with Crippen molar-refractivity contribution in [2.45, 2.75) is 39.7 Å². The summed E-state index contributed by atoms with van der Waals surface area (Å²) in [5.41, 5.74) is 7.89. The third-order valence-electron chi connectivity index (χ3n) is 6.45. The molecule has 2 aromatic rings. The second-order valence-corrected chi connectivity index (χ2v) is 8.28. The predicted octanol–water partition coefficient (Wildman–Crippen LogP) is 2.84. The molecule has 3 heterocycles. The summed E-state index contributed by atoms with van der Waals surface area (Å²) >= 11 is 0. The van der Waals surface area contributed by atoms with Gasteiger partial charge in [-0.25, -0.2) is 0 Å². The maximum Gasteiger partial charge on any atom is 0.258 e. The minimum Gasteiger partial charge on any atom is -0.493 e. The van der Waals surface area contributed by atoms with Crippen molar-refractivity contribution >= 4 is 0 Å². The first-order valence-corrected chi connectivity index (χ1v) is 11.4. The third kappa shape index (κ3) is 4.05. The molecule has 0 amide bonds. The maximum atomic E-state index is 13.8. The van der Waals surface area contributed by atoms with Gasteiger partial charge in [0.1, 0.15) is 17.4 Å². The van der Waals surface area contributed by atoms with E-state index in [1.807, 2.05) is 13.0 Å². The molecular weight excluding hydrogens is 436 g/mol. The van der Waals surface area contributed by atoms with Crippen LogP contribution in [0, 0.1) is 18.3 Å². The van der Waals surface area contributed by atoms with Gasteiger partial charge in [0.05, 0.1) is 18.6 Å². The Balaban J connectivity index is 1.82. The number of nitriles is 1. The van der Waals surface area contributed by atoms with Gasteiger partial charge in [0, 0.05) is 18.3 Å². The molecule has 2 aliphatic rings. The number of hydrogen-bond donors (Lipinski definition) is 1. The van der Waals surface area contributed by atoms with E-state index in [0.717, 1.165) is 31.7 Å². The fourth-order valence-electron chi connectivity index (χ4n) is 4.61. The van der Waals surface area contributed by atoms with Gasteiger partial charge in [0.15, 0.2) is 11.5 Å². The van der Waals surface area contributed by atoms with E-state index >= 15 is 0 Å². The second kappa shape index (κ2) is 9.69. The lowest BCUT2D eigenvalue weighted by molar-refractivity contribution is 0.171. The highest BCUT2D eigenvalue weighted by Crippen LogP contribution is 2.47. The van der Waals surface area contributed by atoms with Crippen LogP contribution in [0.2, 0.25) is 0 Å². The van der Waals surface area contributed by atoms with E-state index in [4.69, 9.17) is 24.7 Å². The summed E-state index contributed by atoms with van der Waals surface area (Å²) in [6, 6.07) is 7.47. The molecule has 34 heavy (non-hydrogen) atoms. The van der Waals surface area contributed by atoms with Gasteiger partial charge in [-0.1, -0.05) is 13.8 Å². The number of pyridine rings is 1. The van der Waals surface area contributed by atoms with E-state index in [0.29, 0.717) is 40.7 Å². The average molecular weight is 467 g/mol. The minimum absolute atomic E-state index is 0.0188. The van der Waals surface area contributed by atoms with E-state index in [1.54, 1.807) is 16.7 Å². The Morgan fingerprint density at radius 1 is 1.24 bits per heavy atom. The molecule has 0 radical (unpaired) electrons. The van der Waals surface area contributed by atoms with E-state index in [-0.39, 0.29) is 23.8 Å². The van der Waals surface area contributed by atoms with E-state index in [9.17, 15) is 10.1 Å². The second-order valence-electron chi connectivity index (χ2n) is 8.28. The number of aryl methyl sites for hydroxylation is 1. The molecule has 0 bridgehead atoms. The van der Waals surface area contributed by atoms with Crippen LogP contribution in [0.1, 0.15) is 43.0 Å². The molecule has 0 aliphatic carbocycles. The number of benzene rings is 1. The average Bonchev–Trinajstić information content (AvgIpc) is 3.31. The monoisotopic (exact) mass is 466 g/mol. The fraction of sp³-hybridized carbons (Fsp3) is 0.440. The summed E-state index contributed by atoms with van der Waals surface area (Å²) in [7, 11) is 1.53. The van der Waals surface area contributed by atoms with Crippen molar-refractivity contribution < 1.29 is 18.9 Å². The number of ether oxygens (including phenoxy) is 4. The molecule has 1 atom stereocenters. The zero-order chi connectivity index (χ0) is 24.4. The van der Waals surface area contributed by atoms with Crippen molar-refractivity contribution in [3.8, 4) is 29.1 Å². The largest absolute Gasteiger partial charge is 0.493 e. The molecule has 9 nitrogen and oxygen atoms in total. The van der Waals surface area contributed by atoms with Gasteiger partial charge in [-0.15, -0.1) is 0 Å². The molecule has 0 spiro atoms. The molecule has 0 saturated carbocycles. The summed E-state index contributed by atoms with van der Waals surface area (Å²) in [5.74, 6) is 1.06. The van der Waals surface area contributed by atoms with Crippen molar-refractivity contribution in [3.05, 3.63) is 56.8 Å². The molecule has 4 rings (SSSR count). The van der Waals surface area contributed by atoms with Gasteiger partial charge in [-0.3, -0.25) is 4.79 Å². The lowest BCUT2D eigenvalue weighted by Crippen LogP contribution is -2.33. The number of allylic oxidation sites excluding steroid dienone is 1. The summed E-state index contributed by atoms with van der Waals surface area (Å²) in [6.45, 7) is 9.58. The van der Waals surface area contributed by atoms with Gasteiger partial charge >= 0.3 is 0 Å². The molecule has 2 aliphatic heterocycles. The molecule has 0 saturated heterocycles. The van der Waals surface area contributed by atoms with Gasteiger partial charge in [-0.05, 0) is 50.7 Å². The molecule has 2 N–H and O–H groups in total. The number of methoxy groups -OCH3 is 1. The normalized spacial score (nSPS) is 16.3. The molecule has 1 aromatic carbocycles. The highest BCUT2D eigenvalue weighted by Gasteiger charge is 2.36. The topological polar surface area (TPSA) is 112 Å². The smallest absolute Gasteiger partial charge is 0.258 e. The van der Waals surface area contributed by atoms with Gasteiger partial charge in [-0.2, -0.15) is 5.26 Å². The molecule has 1 unspecified atom stereocenters. The summed E-state index contributed by atoms with van der Waals surface area (Å²) < 4.78 is 24.1. The Morgan fingerprint density at radius 2 is 2.00 bits per heavy atom. The Morgan fingerprint density at radius 3 is 2.68 bits per heavy atom. The number of nitrogens with two attached hydrogens (primary N) is 1. The van der Waals surface area contributed by atoms with E-state index < -0.39 is 5.92 Å². The standard InChI is InChI=1S/C25H30N4O5/c1-5-28(6-2)8-7-9-29-15(3)10-18-22(25(29)30)21(17(13-26)24(27)34-18)16-11-19(31-4)23-20(12-16)32-14-33-23/h10-12,21H,5-9,14,27H2,1-4H3. The number of fused-ring (bicyclic) bond motifs is 2. The highest BCUT2D eigenvalue weighted by molar-refractivity contribution is 5.61. The Bertz CT molecular complexity index is 1220. The van der Waals surface area contributed by atoms with Gasteiger partial charge < -0.3 is 34.1 Å². The summed E-state index contributed by atoms with van der Waals surface area (Å²) in [5, 5.41) is 9.94. The maximum absolute atomic E-state index is 13.8. The van der Waals surface area contributed by atoms with Crippen LogP contribution >= 0.6 is 0 Å². The van der Waals surface area contributed by atoms with E-state index in [1.165, 1.54) is 7.11 Å². The van der Waals surface area contributed by atoms with Crippen molar-refractivity contribution in [3.63, 3.8) is 0 Å². The Hall–Kier alpha value is -3.64. The van der Waals surface area contributed by atoms with Gasteiger partial charge in [0.2, 0.25) is 18.4 Å². The first kappa shape index (κ1) is 23.5. The van der Waals surface area contributed by atoms with E-state index in [2.05, 4.69) is 24.8 Å². The molecular formula is C25H30N4O5. The van der Waals surface area contributed by atoms with Crippen LogP contribution in [-0.4, -0.2) is 43.0 Å². The highest BCUT2D eigenvalue weighted by atomic mass is 16.7. The van der Waals surface area contributed by atoms with Gasteiger partial charge in [0.25, 0.3) is 5.56 Å². The van der Waals surface area contributed by atoms with Crippen molar-refractivity contribution in [1.29, 1.82) is 5.26 Å². The summed E-state index contributed by atoms with van der Waals surface area (Å²) in [4.78, 5) is 16.1. The van der Waals surface area contributed by atoms with Crippen LogP contribution < -0.4 is 30.2 Å². The van der Waals surface area contributed by atoms with Crippen molar-refractivity contribution in [2.75, 3.05) is 33.5 Å². The quantitative estimate of drug-likeness (QED) is 0.632. The van der Waals surface area contributed by atoms with Crippen LogP contribution in [0.3, 0.4) is 0 Å². The lowest BCUT2D eigenvalue weighted by atomic mass is 9.83. The Labute approximate surface area is 198 Å². The fourth-order valence-corrected chi connectivity index (χ4v) is 4.61. The zero-order valence-corrected chi connectivity index (χ0v) is 20.0. The van der Waals surface area contributed by atoms with Crippen LogP contribution in [0.15, 0.2) is 34.4 Å². The third-order valence-corrected chi connectivity index (χ3v) is 6.45.